The highest BCUT2D eigenvalue weighted by Gasteiger charge is 2.34. The first kappa shape index (κ1) is 17.1. The van der Waals surface area contributed by atoms with Crippen LogP contribution in [0.1, 0.15) is 45.1 Å². The molecule has 0 aliphatic heterocycles. The minimum absolute atomic E-state index is 0.0654. The molecule has 0 unspecified atom stereocenters. The largest absolute Gasteiger partial charge is 0.467 e. The van der Waals surface area contributed by atoms with Gasteiger partial charge in [0.05, 0.1) is 7.11 Å². The van der Waals surface area contributed by atoms with Gasteiger partial charge in [0.1, 0.15) is 11.4 Å². The Morgan fingerprint density at radius 3 is 2.38 bits per heavy atom. The number of methoxy groups -OCH3 is 1. The van der Waals surface area contributed by atoms with Crippen molar-refractivity contribution in [3.8, 4) is 0 Å². The second kappa shape index (κ2) is 7.20. The molecule has 116 valence electrons. The molecule has 1 aromatic rings. The molecule has 2 atom stereocenters. The topological polar surface area (TPSA) is 55.4 Å². The highest BCUT2D eigenvalue weighted by Crippen LogP contribution is 2.20. The molecule has 4 nitrogen and oxygen atoms in total. The van der Waals surface area contributed by atoms with Crippen LogP contribution in [-0.2, 0) is 14.3 Å². The van der Waals surface area contributed by atoms with Gasteiger partial charge in [-0.3, -0.25) is 4.79 Å². The van der Waals surface area contributed by atoms with Gasteiger partial charge in [-0.1, -0.05) is 26.0 Å². The molecule has 0 aromatic heterocycles. The van der Waals surface area contributed by atoms with Crippen LogP contribution in [0.3, 0.4) is 0 Å². The smallest absolute Gasteiger partial charge is 0.331 e. The first-order chi connectivity index (χ1) is 9.82. The summed E-state index contributed by atoms with van der Waals surface area (Å²) in [6.45, 7) is 5.33. The van der Waals surface area contributed by atoms with Gasteiger partial charge in [0.25, 0.3) is 0 Å². The lowest BCUT2D eigenvalue weighted by Crippen LogP contribution is -2.52. The zero-order valence-corrected chi connectivity index (χ0v) is 12.9. The fourth-order valence-corrected chi connectivity index (χ4v) is 2.06. The van der Waals surface area contributed by atoms with Gasteiger partial charge in [-0.15, -0.1) is 0 Å². The number of amides is 1. The van der Waals surface area contributed by atoms with Crippen molar-refractivity contribution in [2.24, 2.45) is 0 Å². The standard InChI is InChI=1S/C16H22FNO3/c1-5-16(3,15(20)21-4)18-14(19)10-11(2)12-6-8-13(17)9-7-12/h6-9,11H,5,10H2,1-4H3,(H,18,19)/t11-,16+/m0/s1. The molecule has 1 N–H and O–H groups in total. The van der Waals surface area contributed by atoms with Crippen LogP contribution in [-0.4, -0.2) is 24.5 Å². The number of carbonyl (C=O) groups excluding carboxylic acids is 2. The molecule has 1 amide bonds. The first-order valence-electron chi connectivity index (χ1n) is 6.97. The molecule has 0 aliphatic carbocycles. The van der Waals surface area contributed by atoms with E-state index in [1.807, 2.05) is 6.92 Å². The monoisotopic (exact) mass is 295 g/mol. The molecule has 0 heterocycles. The Morgan fingerprint density at radius 1 is 1.33 bits per heavy atom. The van der Waals surface area contributed by atoms with E-state index in [1.54, 1.807) is 26.0 Å². The summed E-state index contributed by atoms with van der Waals surface area (Å²) in [5.41, 5.74) is -0.142. The van der Waals surface area contributed by atoms with Gasteiger partial charge in [0, 0.05) is 6.42 Å². The molecule has 0 fully saturated rings. The van der Waals surface area contributed by atoms with Gasteiger partial charge in [-0.25, -0.2) is 9.18 Å². The third kappa shape index (κ3) is 4.55. The molecular weight excluding hydrogens is 273 g/mol. The maximum Gasteiger partial charge on any atom is 0.331 e. The third-order valence-corrected chi connectivity index (χ3v) is 3.69. The summed E-state index contributed by atoms with van der Waals surface area (Å²) >= 11 is 0. The summed E-state index contributed by atoms with van der Waals surface area (Å²) in [5.74, 6) is -1.07. The maximum absolute atomic E-state index is 12.9. The van der Waals surface area contributed by atoms with Gasteiger partial charge >= 0.3 is 5.97 Å². The Labute approximate surface area is 124 Å². The lowest BCUT2D eigenvalue weighted by Gasteiger charge is -2.27. The van der Waals surface area contributed by atoms with Crippen molar-refractivity contribution in [1.82, 2.24) is 5.32 Å². The Hall–Kier alpha value is -1.91. The Kier molecular flexibility index (Phi) is 5.88. The van der Waals surface area contributed by atoms with Crippen LogP contribution in [0.5, 0.6) is 0 Å². The van der Waals surface area contributed by atoms with E-state index in [-0.39, 0.29) is 24.1 Å². The van der Waals surface area contributed by atoms with Crippen molar-refractivity contribution in [3.05, 3.63) is 35.6 Å². The van der Waals surface area contributed by atoms with E-state index in [9.17, 15) is 14.0 Å². The van der Waals surface area contributed by atoms with Crippen LogP contribution in [0.25, 0.3) is 0 Å². The normalized spacial score (nSPS) is 14.9. The van der Waals surface area contributed by atoms with Gasteiger partial charge in [0.15, 0.2) is 0 Å². The summed E-state index contributed by atoms with van der Waals surface area (Å²) in [5, 5.41) is 2.72. The van der Waals surface area contributed by atoms with E-state index in [4.69, 9.17) is 4.74 Å². The second-order valence-electron chi connectivity index (χ2n) is 5.38. The number of carbonyl (C=O) groups is 2. The summed E-state index contributed by atoms with van der Waals surface area (Å²) in [4.78, 5) is 23.8. The van der Waals surface area contributed by atoms with Crippen LogP contribution in [0, 0.1) is 5.82 Å². The average molecular weight is 295 g/mol. The van der Waals surface area contributed by atoms with Crippen LogP contribution < -0.4 is 5.32 Å². The predicted molar refractivity (Wildman–Crippen MR) is 78.3 cm³/mol. The minimum Gasteiger partial charge on any atom is -0.467 e. The number of nitrogens with one attached hydrogen (secondary N) is 1. The molecule has 0 aliphatic rings. The zero-order chi connectivity index (χ0) is 16.0. The van der Waals surface area contributed by atoms with Crippen molar-refractivity contribution < 1.29 is 18.7 Å². The molecule has 0 bridgehead atoms. The second-order valence-corrected chi connectivity index (χ2v) is 5.38. The molecule has 21 heavy (non-hydrogen) atoms. The first-order valence-corrected chi connectivity index (χ1v) is 6.97. The number of hydrogen-bond donors (Lipinski definition) is 1. The highest BCUT2D eigenvalue weighted by molar-refractivity contribution is 5.87. The molecule has 0 spiro atoms. The molecule has 0 saturated heterocycles. The lowest BCUT2D eigenvalue weighted by atomic mass is 9.95. The molecule has 1 rings (SSSR count). The van der Waals surface area contributed by atoms with E-state index in [2.05, 4.69) is 5.32 Å². The van der Waals surface area contributed by atoms with E-state index in [0.29, 0.717) is 6.42 Å². The fourth-order valence-electron chi connectivity index (χ4n) is 2.06. The van der Waals surface area contributed by atoms with Crippen LogP contribution in [0.2, 0.25) is 0 Å². The van der Waals surface area contributed by atoms with Crippen LogP contribution >= 0.6 is 0 Å². The van der Waals surface area contributed by atoms with E-state index in [1.165, 1.54) is 19.2 Å². The SMILES string of the molecule is CC[C@@](C)(NC(=O)C[C@H](C)c1ccc(F)cc1)C(=O)OC. The van der Waals surface area contributed by atoms with Crippen LogP contribution in [0.4, 0.5) is 4.39 Å². The molecule has 1 aromatic carbocycles. The molecular formula is C16H22FNO3. The summed E-state index contributed by atoms with van der Waals surface area (Å²) < 4.78 is 17.6. The fraction of sp³-hybridized carbons (Fsp3) is 0.500. The Balaban J connectivity index is 2.68. The number of esters is 1. The van der Waals surface area contributed by atoms with Crippen molar-refractivity contribution >= 4 is 11.9 Å². The van der Waals surface area contributed by atoms with Gasteiger partial charge < -0.3 is 10.1 Å². The van der Waals surface area contributed by atoms with Gasteiger partial charge in [-0.05, 0) is 37.0 Å². The summed E-state index contributed by atoms with van der Waals surface area (Å²) in [6.07, 6.45) is 0.661. The predicted octanol–water partition coefficient (Wildman–Crippen LogP) is 2.78. The van der Waals surface area contributed by atoms with Crippen LogP contribution in [0.15, 0.2) is 24.3 Å². The Bertz CT molecular complexity index is 501. The zero-order valence-electron chi connectivity index (χ0n) is 12.9. The highest BCUT2D eigenvalue weighted by atomic mass is 19.1. The molecule has 0 radical (unpaired) electrons. The van der Waals surface area contributed by atoms with Crippen molar-refractivity contribution in [2.75, 3.05) is 7.11 Å². The number of halogens is 1. The van der Waals surface area contributed by atoms with Gasteiger partial charge in [-0.2, -0.15) is 0 Å². The minimum atomic E-state index is -1.02. The maximum atomic E-state index is 12.9. The van der Waals surface area contributed by atoms with Gasteiger partial charge in [0.2, 0.25) is 5.91 Å². The molecule has 5 heteroatoms. The number of benzene rings is 1. The van der Waals surface area contributed by atoms with E-state index in [0.717, 1.165) is 5.56 Å². The third-order valence-electron chi connectivity index (χ3n) is 3.69. The Morgan fingerprint density at radius 2 is 1.90 bits per heavy atom. The summed E-state index contributed by atoms with van der Waals surface area (Å²) in [6, 6.07) is 6.06. The lowest BCUT2D eigenvalue weighted by molar-refractivity contribution is -0.150. The van der Waals surface area contributed by atoms with Crippen molar-refractivity contribution in [2.45, 2.75) is 45.1 Å². The van der Waals surface area contributed by atoms with E-state index >= 15 is 0 Å². The van der Waals surface area contributed by atoms with Crippen molar-refractivity contribution in [1.29, 1.82) is 0 Å². The average Bonchev–Trinajstić information content (AvgIpc) is 2.46. The molecule has 0 saturated carbocycles. The number of hydrogen-bond acceptors (Lipinski definition) is 3. The summed E-state index contributed by atoms with van der Waals surface area (Å²) in [7, 11) is 1.30. The quantitative estimate of drug-likeness (QED) is 0.821. The number of ether oxygens (including phenoxy) is 1. The van der Waals surface area contributed by atoms with E-state index < -0.39 is 11.5 Å². The number of rotatable bonds is 6. The van der Waals surface area contributed by atoms with Crippen molar-refractivity contribution in [3.63, 3.8) is 0 Å².